The molecule has 3 aromatic heterocycles. The summed E-state index contributed by atoms with van der Waals surface area (Å²) >= 11 is 0. The van der Waals surface area contributed by atoms with Crippen LogP contribution in [0.4, 0.5) is 0 Å². The molecular weight excluding hydrogens is 544 g/mol. The Labute approximate surface area is 251 Å². The summed E-state index contributed by atoms with van der Waals surface area (Å²) in [4.78, 5) is 19.4. The molecule has 44 heavy (non-hydrogen) atoms. The molecule has 0 aliphatic heterocycles. The van der Waals surface area contributed by atoms with Crippen molar-refractivity contribution < 1.29 is 8.83 Å². The van der Waals surface area contributed by atoms with Crippen LogP contribution in [0.5, 0.6) is 0 Å². The summed E-state index contributed by atoms with van der Waals surface area (Å²) in [6, 6.07) is 44.2. The number of hydrogen-bond donors (Lipinski definition) is 0. The van der Waals surface area contributed by atoms with E-state index in [1.165, 1.54) is 0 Å². The molecule has 3 heterocycles. The third-order valence-electron chi connectivity index (χ3n) is 7.97. The first-order valence-corrected chi connectivity index (χ1v) is 14.4. The molecule has 9 aromatic rings. The Morgan fingerprint density at radius 3 is 1.64 bits per heavy atom. The first-order valence-electron chi connectivity index (χ1n) is 14.4. The fraction of sp³-hybridized carbons (Fsp3) is 0. The van der Waals surface area contributed by atoms with Gasteiger partial charge in [0.2, 0.25) is 5.89 Å². The minimum atomic E-state index is 0.550. The fourth-order valence-corrected chi connectivity index (χ4v) is 5.83. The zero-order valence-corrected chi connectivity index (χ0v) is 23.3. The molecule has 0 spiro atoms. The van der Waals surface area contributed by atoms with Crippen molar-refractivity contribution >= 4 is 43.8 Å². The molecule has 0 radical (unpaired) electrons. The van der Waals surface area contributed by atoms with E-state index in [1.807, 2.05) is 115 Å². The Hall–Kier alpha value is -6.14. The molecule has 0 unspecified atom stereocenters. The summed E-state index contributed by atoms with van der Waals surface area (Å²) in [6.45, 7) is 0. The topological polar surface area (TPSA) is 77.8 Å². The maximum Gasteiger partial charge on any atom is 0.227 e. The molecule has 0 bridgehead atoms. The SMILES string of the molecule is c1ccc(-c2nc(-c3ccccc3)nc(-c3ccc(-c4nc5ccc6ccc7oc8ccccc8c7c6c5o4)cc3)n2)cc1. The molecule has 6 heteroatoms. The second-order valence-electron chi connectivity index (χ2n) is 10.7. The van der Waals surface area contributed by atoms with Crippen LogP contribution in [0, 0.1) is 0 Å². The van der Waals surface area contributed by atoms with Gasteiger partial charge in [0.25, 0.3) is 0 Å². The monoisotopic (exact) mass is 566 g/mol. The summed E-state index contributed by atoms with van der Waals surface area (Å²) < 4.78 is 12.7. The smallest absolute Gasteiger partial charge is 0.227 e. The largest absolute Gasteiger partial charge is 0.456 e. The second-order valence-corrected chi connectivity index (χ2v) is 10.7. The Balaban J connectivity index is 1.16. The molecule has 0 aliphatic rings. The van der Waals surface area contributed by atoms with Gasteiger partial charge in [-0.15, -0.1) is 0 Å². The van der Waals surface area contributed by atoms with E-state index < -0.39 is 0 Å². The van der Waals surface area contributed by atoms with Crippen LogP contribution in [-0.4, -0.2) is 19.9 Å². The van der Waals surface area contributed by atoms with Crippen molar-refractivity contribution in [3.05, 3.63) is 133 Å². The van der Waals surface area contributed by atoms with E-state index in [0.717, 1.165) is 66.1 Å². The minimum absolute atomic E-state index is 0.550. The van der Waals surface area contributed by atoms with Crippen LogP contribution in [0.15, 0.2) is 142 Å². The number of oxazole rings is 1. The molecule has 0 atom stereocenters. The van der Waals surface area contributed by atoms with E-state index >= 15 is 0 Å². The quantitative estimate of drug-likeness (QED) is 0.211. The van der Waals surface area contributed by atoms with Crippen molar-refractivity contribution in [3.8, 4) is 45.6 Å². The Morgan fingerprint density at radius 2 is 0.955 bits per heavy atom. The first-order chi connectivity index (χ1) is 21.8. The lowest BCUT2D eigenvalue weighted by molar-refractivity contribution is 0.623. The van der Waals surface area contributed by atoms with E-state index in [9.17, 15) is 0 Å². The number of benzene rings is 6. The molecule has 0 saturated carbocycles. The number of furan rings is 1. The molecule has 9 rings (SSSR count). The highest BCUT2D eigenvalue weighted by atomic mass is 16.3. The predicted molar refractivity (Wildman–Crippen MR) is 174 cm³/mol. The minimum Gasteiger partial charge on any atom is -0.456 e. The van der Waals surface area contributed by atoms with E-state index in [1.54, 1.807) is 0 Å². The normalized spacial score (nSPS) is 11.6. The Bertz CT molecular complexity index is 2420. The van der Waals surface area contributed by atoms with Crippen LogP contribution in [0.25, 0.3) is 89.4 Å². The summed E-state index contributed by atoms with van der Waals surface area (Å²) in [5.74, 6) is 2.40. The lowest BCUT2D eigenvalue weighted by Crippen LogP contribution is -2.00. The van der Waals surface area contributed by atoms with Gasteiger partial charge in [-0.3, -0.25) is 0 Å². The predicted octanol–water partition coefficient (Wildman–Crippen LogP) is 9.73. The molecule has 0 N–H and O–H groups in total. The summed E-state index contributed by atoms with van der Waals surface area (Å²) in [5.41, 5.74) is 6.83. The standard InChI is InChI=1S/C38H22N4O2/c1-3-9-24(10-4-1)35-40-36(25-11-5-2-6-12-25)42-37(41-35)26-15-17-27(18-16-26)38-39-29-21-19-23-20-22-31-33(32(23)34(29)44-38)28-13-7-8-14-30(28)43-31/h1-22H. The van der Waals surface area contributed by atoms with Crippen molar-refractivity contribution in [3.63, 3.8) is 0 Å². The lowest BCUT2D eigenvalue weighted by Gasteiger charge is -2.08. The Morgan fingerprint density at radius 1 is 0.386 bits per heavy atom. The highest BCUT2D eigenvalue weighted by molar-refractivity contribution is 6.25. The lowest BCUT2D eigenvalue weighted by atomic mass is 10.0. The zero-order chi connectivity index (χ0) is 29.0. The summed E-state index contributed by atoms with van der Waals surface area (Å²) in [7, 11) is 0. The first kappa shape index (κ1) is 24.5. The van der Waals surface area contributed by atoms with Crippen LogP contribution < -0.4 is 0 Å². The van der Waals surface area contributed by atoms with Gasteiger partial charge in [-0.05, 0) is 35.7 Å². The van der Waals surface area contributed by atoms with Gasteiger partial charge in [0.15, 0.2) is 23.1 Å². The Kier molecular flexibility index (Phi) is 5.40. The van der Waals surface area contributed by atoms with E-state index in [2.05, 4.69) is 18.2 Å². The molecule has 0 amide bonds. The second kappa shape index (κ2) is 9.71. The van der Waals surface area contributed by atoms with E-state index in [0.29, 0.717) is 23.4 Å². The maximum atomic E-state index is 6.50. The average molecular weight is 567 g/mol. The van der Waals surface area contributed by atoms with Crippen LogP contribution in [0.1, 0.15) is 0 Å². The van der Waals surface area contributed by atoms with Crippen molar-refractivity contribution in [2.75, 3.05) is 0 Å². The van der Waals surface area contributed by atoms with Gasteiger partial charge in [-0.25, -0.2) is 19.9 Å². The van der Waals surface area contributed by atoms with Crippen LogP contribution in [0.3, 0.4) is 0 Å². The fourth-order valence-electron chi connectivity index (χ4n) is 5.83. The number of rotatable bonds is 4. The van der Waals surface area contributed by atoms with Gasteiger partial charge in [0.05, 0.1) is 0 Å². The van der Waals surface area contributed by atoms with Gasteiger partial charge in [-0.2, -0.15) is 0 Å². The van der Waals surface area contributed by atoms with Crippen molar-refractivity contribution in [1.82, 2.24) is 19.9 Å². The molecule has 0 aliphatic carbocycles. The number of aromatic nitrogens is 4. The molecule has 0 fully saturated rings. The number of fused-ring (bicyclic) bond motifs is 7. The van der Waals surface area contributed by atoms with Gasteiger partial charge in [0, 0.05) is 38.4 Å². The molecule has 206 valence electrons. The summed E-state index contributed by atoms with van der Waals surface area (Å²) in [6.07, 6.45) is 0. The summed E-state index contributed by atoms with van der Waals surface area (Å²) in [5, 5.41) is 4.19. The molecule has 6 aromatic carbocycles. The van der Waals surface area contributed by atoms with Crippen LogP contribution >= 0.6 is 0 Å². The van der Waals surface area contributed by atoms with Gasteiger partial charge >= 0.3 is 0 Å². The molecular formula is C38H22N4O2. The van der Waals surface area contributed by atoms with Crippen LogP contribution in [-0.2, 0) is 0 Å². The number of hydrogen-bond acceptors (Lipinski definition) is 6. The van der Waals surface area contributed by atoms with Gasteiger partial charge in [-0.1, -0.05) is 103 Å². The highest BCUT2D eigenvalue weighted by Crippen LogP contribution is 2.39. The average Bonchev–Trinajstić information content (AvgIpc) is 3.71. The third-order valence-corrected chi connectivity index (χ3v) is 7.97. The zero-order valence-electron chi connectivity index (χ0n) is 23.3. The number of para-hydroxylation sites is 1. The number of nitrogens with zero attached hydrogens (tertiary/aromatic N) is 4. The van der Waals surface area contributed by atoms with E-state index in [-0.39, 0.29) is 0 Å². The maximum absolute atomic E-state index is 6.50. The van der Waals surface area contributed by atoms with Gasteiger partial charge < -0.3 is 8.83 Å². The van der Waals surface area contributed by atoms with Crippen LogP contribution in [0.2, 0.25) is 0 Å². The van der Waals surface area contributed by atoms with Crippen molar-refractivity contribution in [2.45, 2.75) is 0 Å². The van der Waals surface area contributed by atoms with E-state index in [4.69, 9.17) is 28.8 Å². The van der Waals surface area contributed by atoms with Crippen molar-refractivity contribution in [2.24, 2.45) is 0 Å². The highest BCUT2D eigenvalue weighted by Gasteiger charge is 2.18. The molecule has 6 nitrogen and oxygen atoms in total. The van der Waals surface area contributed by atoms with Gasteiger partial charge in [0.1, 0.15) is 16.7 Å². The third kappa shape index (κ3) is 3.96. The van der Waals surface area contributed by atoms with Crippen molar-refractivity contribution in [1.29, 1.82) is 0 Å². The molecule has 0 saturated heterocycles.